The first-order valence-corrected chi connectivity index (χ1v) is 12.0. The number of hydrogen-bond acceptors (Lipinski definition) is 6. The van der Waals surface area contributed by atoms with Crippen molar-refractivity contribution in [2.75, 3.05) is 25.0 Å². The zero-order valence-electron chi connectivity index (χ0n) is 20.0. The minimum absolute atomic E-state index is 0.114. The highest BCUT2D eigenvalue weighted by molar-refractivity contribution is 6.14. The monoisotopic (exact) mass is 479 g/mol. The van der Waals surface area contributed by atoms with Crippen molar-refractivity contribution in [2.45, 2.75) is 57.7 Å². The zero-order valence-corrected chi connectivity index (χ0v) is 22.0. The summed E-state index contributed by atoms with van der Waals surface area (Å²) < 4.78 is 5.21. The smallest absolute Gasteiger partial charge is 0.407 e. The first-order chi connectivity index (χ1) is 15.5. The maximum absolute atomic E-state index is 12.6. The summed E-state index contributed by atoms with van der Waals surface area (Å²) >= 11 is 0. The summed E-state index contributed by atoms with van der Waals surface area (Å²) in [5.74, 6) is -1.18. The van der Waals surface area contributed by atoms with Crippen LogP contribution in [0.4, 0.5) is 10.5 Å². The Morgan fingerprint density at radius 1 is 1.12 bits per heavy atom. The molecule has 0 bridgehead atoms. The predicted molar refractivity (Wildman–Crippen MR) is 131 cm³/mol. The van der Waals surface area contributed by atoms with Crippen LogP contribution in [-0.4, -0.2) is 59.7 Å². The molecule has 0 aromatic heterocycles. The third-order valence-corrected chi connectivity index (χ3v) is 5.08. The molecule has 0 heterocycles. The van der Waals surface area contributed by atoms with Gasteiger partial charge in [-0.1, -0.05) is 26.0 Å². The maximum atomic E-state index is 12.6. The summed E-state index contributed by atoms with van der Waals surface area (Å²) in [6.45, 7) is 6.49. The number of amides is 4. The van der Waals surface area contributed by atoms with Crippen LogP contribution in [0.5, 0.6) is 0 Å². The highest BCUT2D eigenvalue weighted by Gasteiger charge is 2.20. The van der Waals surface area contributed by atoms with E-state index in [1.54, 1.807) is 24.3 Å². The number of alkyl carbamates (subject to hydrolysis) is 1. The third-order valence-electron chi connectivity index (χ3n) is 4.58. The van der Waals surface area contributed by atoms with Crippen LogP contribution in [0.15, 0.2) is 24.3 Å². The van der Waals surface area contributed by atoms with Crippen molar-refractivity contribution in [3.63, 3.8) is 0 Å². The number of ether oxygens (including phenoxy) is 1. The quantitative estimate of drug-likeness (QED) is 0.254. The molecule has 10 nitrogen and oxygen atoms in total. The van der Waals surface area contributed by atoms with Crippen molar-refractivity contribution in [1.29, 1.82) is 0 Å². The van der Waals surface area contributed by atoms with Gasteiger partial charge in [0.1, 0.15) is 12.6 Å². The van der Waals surface area contributed by atoms with E-state index in [0.717, 1.165) is 22.2 Å². The Hall–Kier alpha value is -2.92. The molecule has 0 unspecified atom stereocenters. The van der Waals surface area contributed by atoms with Crippen molar-refractivity contribution in [3.8, 4) is 0 Å². The lowest BCUT2D eigenvalue weighted by atomic mass is 10.1. The minimum atomic E-state index is -0.780. The lowest BCUT2D eigenvalue weighted by Crippen LogP contribution is -2.47. The average Bonchev–Trinajstić information content (AvgIpc) is 2.73. The normalized spacial score (nSPS) is 11.9. The molecular weight excluding hydrogens is 442 g/mol. The van der Waals surface area contributed by atoms with E-state index in [4.69, 9.17) is 10.5 Å². The lowest BCUT2D eigenvalue weighted by molar-refractivity contribution is -0.127. The van der Waals surface area contributed by atoms with Crippen LogP contribution in [-0.2, 0) is 25.7 Å². The molecule has 6 N–H and O–H groups in total. The Balaban J connectivity index is 2.54. The number of carbonyl (C=O) groups is 4. The highest BCUT2D eigenvalue weighted by Crippen LogP contribution is 2.22. The van der Waals surface area contributed by atoms with Crippen molar-refractivity contribution >= 4 is 39.7 Å². The van der Waals surface area contributed by atoms with Crippen molar-refractivity contribution in [2.24, 2.45) is 5.73 Å². The van der Waals surface area contributed by atoms with E-state index in [-0.39, 0.29) is 30.0 Å². The van der Waals surface area contributed by atoms with Crippen LogP contribution >= 0.6 is 0 Å². The van der Waals surface area contributed by atoms with Crippen LogP contribution in [0.25, 0.3) is 0 Å². The number of carbonyl (C=O) groups excluding carboxylic acids is 4. The van der Waals surface area contributed by atoms with Gasteiger partial charge >= 0.3 is 6.09 Å². The number of nitrogens with one attached hydrogen (secondary N) is 4. The summed E-state index contributed by atoms with van der Waals surface area (Å²) in [6.07, 6.45) is 1.36. The lowest BCUT2D eigenvalue weighted by Gasteiger charge is -2.18. The third kappa shape index (κ3) is 13.3. The van der Waals surface area contributed by atoms with Gasteiger partial charge in [-0.2, -0.15) is 0 Å². The molecule has 0 fully saturated rings. The molecule has 184 valence electrons. The standard InChI is InChI=1S/C22H37N5O5Si/c1-15(28)25-13-19(29)27-18(5-4-11-23)20(30)26-17-8-6-16(7-9-17)14-32-21(31)24-12-10-22(2,3)33/h6-9,18H,4-5,10-14,23H2,1-3,33H3,(H,24,31)(H,25,28)(H,26,30)(H,27,29)/t18-/m0/s1. The number of rotatable bonds is 13. The molecule has 0 saturated carbocycles. The summed E-state index contributed by atoms with van der Waals surface area (Å²) in [5, 5.41) is 10.8. The van der Waals surface area contributed by atoms with Crippen molar-refractivity contribution < 1.29 is 23.9 Å². The molecule has 1 aromatic carbocycles. The number of hydrogen-bond donors (Lipinski definition) is 5. The molecule has 0 aliphatic carbocycles. The Kier molecular flexibility index (Phi) is 12.2. The Morgan fingerprint density at radius 2 is 1.79 bits per heavy atom. The van der Waals surface area contributed by atoms with E-state index < -0.39 is 18.0 Å². The van der Waals surface area contributed by atoms with Gasteiger partial charge in [-0.25, -0.2) is 4.79 Å². The second-order valence-corrected chi connectivity index (χ2v) is 11.7. The summed E-state index contributed by atoms with van der Waals surface area (Å²) in [6, 6.07) is 6.09. The second kappa shape index (κ2) is 14.3. The Morgan fingerprint density at radius 3 is 2.36 bits per heavy atom. The first kappa shape index (κ1) is 28.1. The molecular formula is C22H37N5O5Si. The molecule has 0 radical (unpaired) electrons. The summed E-state index contributed by atoms with van der Waals surface area (Å²) in [4.78, 5) is 47.4. The predicted octanol–water partition coefficient (Wildman–Crippen LogP) is 0.165. The number of anilines is 1. The minimum Gasteiger partial charge on any atom is -0.445 e. The molecule has 0 aliphatic heterocycles. The molecule has 0 aliphatic rings. The Labute approximate surface area is 198 Å². The fourth-order valence-electron chi connectivity index (χ4n) is 2.69. The molecule has 11 heteroatoms. The van der Waals surface area contributed by atoms with E-state index in [0.29, 0.717) is 31.6 Å². The van der Waals surface area contributed by atoms with Crippen LogP contribution in [0.1, 0.15) is 45.6 Å². The van der Waals surface area contributed by atoms with Crippen LogP contribution in [0.3, 0.4) is 0 Å². The molecule has 1 rings (SSSR count). The second-order valence-electron chi connectivity index (χ2n) is 8.96. The van der Waals surface area contributed by atoms with E-state index in [2.05, 4.69) is 35.1 Å². The topological polar surface area (TPSA) is 152 Å². The molecule has 4 amide bonds. The van der Waals surface area contributed by atoms with Gasteiger partial charge < -0.3 is 31.7 Å². The van der Waals surface area contributed by atoms with E-state index in [1.165, 1.54) is 6.92 Å². The molecule has 1 aromatic rings. The van der Waals surface area contributed by atoms with Gasteiger partial charge in [0.05, 0.1) is 6.54 Å². The SMILES string of the molecule is CC(=O)NCC(=O)N[C@@H](CCCN)C(=O)Nc1ccc(COC(=O)NCCC(C)(C)[SiH3])cc1. The van der Waals surface area contributed by atoms with Gasteiger partial charge in [-0.05, 0) is 48.5 Å². The number of nitrogens with two attached hydrogens (primary N) is 1. The van der Waals surface area contributed by atoms with E-state index >= 15 is 0 Å². The number of benzene rings is 1. The average molecular weight is 480 g/mol. The Bertz CT molecular complexity index is 795. The summed E-state index contributed by atoms with van der Waals surface area (Å²) in [5.41, 5.74) is 6.84. The van der Waals surface area contributed by atoms with Crippen LogP contribution in [0.2, 0.25) is 5.04 Å². The highest BCUT2D eigenvalue weighted by atomic mass is 28.1. The van der Waals surface area contributed by atoms with Gasteiger partial charge in [-0.15, -0.1) is 0 Å². The summed E-state index contributed by atoms with van der Waals surface area (Å²) in [7, 11) is 1.05. The largest absolute Gasteiger partial charge is 0.445 e. The van der Waals surface area contributed by atoms with Gasteiger partial charge in [0, 0.05) is 29.4 Å². The molecule has 1 atom stereocenters. The van der Waals surface area contributed by atoms with Gasteiger partial charge in [0.15, 0.2) is 0 Å². The van der Waals surface area contributed by atoms with Crippen molar-refractivity contribution in [3.05, 3.63) is 29.8 Å². The molecule has 0 saturated heterocycles. The fraction of sp³-hybridized carbons (Fsp3) is 0.545. The van der Waals surface area contributed by atoms with Crippen LogP contribution < -0.4 is 27.0 Å². The van der Waals surface area contributed by atoms with Gasteiger partial charge in [-0.3, -0.25) is 14.4 Å². The van der Waals surface area contributed by atoms with Crippen molar-refractivity contribution in [1.82, 2.24) is 16.0 Å². The van der Waals surface area contributed by atoms with Gasteiger partial charge in [0.2, 0.25) is 17.7 Å². The van der Waals surface area contributed by atoms with E-state index in [9.17, 15) is 19.2 Å². The first-order valence-electron chi connectivity index (χ1n) is 11.0. The van der Waals surface area contributed by atoms with E-state index in [1.807, 2.05) is 0 Å². The molecule has 0 spiro atoms. The zero-order chi connectivity index (χ0) is 24.9. The van der Waals surface area contributed by atoms with Gasteiger partial charge in [0.25, 0.3) is 0 Å². The molecule has 33 heavy (non-hydrogen) atoms. The van der Waals surface area contributed by atoms with Crippen LogP contribution in [0, 0.1) is 0 Å². The maximum Gasteiger partial charge on any atom is 0.407 e. The fourth-order valence-corrected chi connectivity index (χ4v) is 2.94.